The lowest BCUT2D eigenvalue weighted by Gasteiger charge is -2.38. The maximum absolute atomic E-state index is 12.0. The number of amidine groups is 1. The van der Waals surface area contributed by atoms with Gasteiger partial charge in [0.1, 0.15) is 30.4 Å². The number of thioether (sulfide) groups is 1. The van der Waals surface area contributed by atoms with Gasteiger partial charge >= 0.3 is 0 Å². The number of alkyl halides is 1. The number of nitrogens with one attached hydrogen (secondary N) is 1. The van der Waals surface area contributed by atoms with E-state index in [2.05, 4.69) is 10.3 Å². The molecule has 0 aromatic heterocycles. The fourth-order valence-electron chi connectivity index (χ4n) is 1.85. The van der Waals surface area contributed by atoms with Crippen LogP contribution in [0.25, 0.3) is 0 Å². The summed E-state index contributed by atoms with van der Waals surface area (Å²) in [7, 11) is 0. The lowest BCUT2D eigenvalue weighted by molar-refractivity contribution is -0.167. The first kappa shape index (κ1) is 13.0. The van der Waals surface area contributed by atoms with Crippen LogP contribution in [0, 0.1) is 0 Å². The van der Waals surface area contributed by atoms with E-state index < -0.39 is 36.5 Å². The van der Waals surface area contributed by atoms with Crippen LogP contribution in [-0.2, 0) is 4.74 Å². The van der Waals surface area contributed by atoms with E-state index in [1.807, 2.05) is 0 Å². The Bertz CT molecular complexity index is 307. The second-order valence-electron chi connectivity index (χ2n) is 3.87. The molecule has 98 valence electrons. The first-order valence-electron chi connectivity index (χ1n) is 5.33. The highest BCUT2D eigenvalue weighted by Crippen LogP contribution is 2.33. The third kappa shape index (κ3) is 2.55. The summed E-state index contributed by atoms with van der Waals surface area (Å²) in [5, 5.41) is 31.9. The van der Waals surface area contributed by atoms with Gasteiger partial charge < -0.3 is 25.4 Å². The molecule has 17 heavy (non-hydrogen) atoms. The quantitative estimate of drug-likeness (QED) is 0.494. The maximum atomic E-state index is 12.0. The van der Waals surface area contributed by atoms with Gasteiger partial charge in [0.05, 0.1) is 19.2 Å². The zero-order valence-electron chi connectivity index (χ0n) is 8.99. The van der Waals surface area contributed by atoms with Crippen LogP contribution in [-0.4, -0.2) is 70.1 Å². The highest BCUT2D eigenvalue weighted by atomic mass is 32.2. The Morgan fingerprint density at radius 1 is 1.41 bits per heavy atom. The number of aliphatic imine (C=N–C) groups is 1. The molecule has 1 unspecified atom stereocenters. The normalized spacial score (nSPS) is 43.5. The molecule has 0 radical (unpaired) electrons. The molecule has 0 aromatic carbocycles. The fraction of sp³-hybridized carbons (Fsp3) is 0.889. The summed E-state index contributed by atoms with van der Waals surface area (Å²) in [5.41, 5.74) is -0.427. The van der Waals surface area contributed by atoms with Crippen LogP contribution < -0.4 is 5.32 Å². The number of rotatable bonds is 3. The van der Waals surface area contributed by atoms with Crippen LogP contribution in [0.15, 0.2) is 4.99 Å². The minimum absolute atomic E-state index is 0.0524. The molecular weight excluding hydrogens is 251 g/mol. The fourth-order valence-corrected chi connectivity index (χ4v) is 3.01. The second-order valence-corrected chi connectivity index (χ2v) is 4.96. The van der Waals surface area contributed by atoms with Crippen molar-refractivity contribution in [2.24, 2.45) is 4.99 Å². The number of aliphatic hydroxyl groups excluding tert-OH is 3. The highest BCUT2D eigenvalue weighted by Gasteiger charge is 2.48. The van der Waals surface area contributed by atoms with E-state index in [0.717, 1.165) is 0 Å². The molecule has 2 aliphatic rings. The summed E-state index contributed by atoms with van der Waals surface area (Å²) in [6, 6.07) is -0.490. The van der Waals surface area contributed by atoms with Gasteiger partial charge in [-0.1, -0.05) is 11.8 Å². The Morgan fingerprint density at radius 2 is 2.18 bits per heavy atom. The third-order valence-corrected chi connectivity index (χ3v) is 3.85. The molecule has 2 fully saturated rings. The van der Waals surface area contributed by atoms with Crippen LogP contribution in [0.3, 0.4) is 0 Å². The molecule has 0 aliphatic carbocycles. The summed E-state index contributed by atoms with van der Waals surface area (Å²) >= 11 is 1.23. The predicted octanol–water partition coefficient (Wildman–Crippen LogP) is -1.54. The summed E-state index contributed by atoms with van der Waals surface area (Å²) in [5.74, 6) is 0. The van der Waals surface area contributed by atoms with E-state index in [1.54, 1.807) is 0 Å². The van der Waals surface area contributed by atoms with Crippen molar-refractivity contribution in [1.29, 1.82) is 0 Å². The van der Waals surface area contributed by atoms with Crippen LogP contribution >= 0.6 is 11.8 Å². The van der Waals surface area contributed by atoms with Crippen molar-refractivity contribution < 1.29 is 24.4 Å². The van der Waals surface area contributed by atoms with Crippen molar-refractivity contribution in [1.82, 2.24) is 5.32 Å². The number of halogens is 1. The number of fused-ring (bicyclic) bond motifs is 1. The van der Waals surface area contributed by atoms with Crippen molar-refractivity contribution in [3.63, 3.8) is 0 Å². The summed E-state index contributed by atoms with van der Waals surface area (Å²) < 4.78 is 17.4. The summed E-state index contributed by atoms with van der Waals surface area (Å²) in [6.07, 6.45) is -2.99. The molecule has 0 amide bonds. The van der Waals surface area contributed by atoms with E-state index in [-0.39, 0.29) is 13.2 Å². The summed E-state index contributed by atoms with van der Waals surface area (Å²) in [4.78, 5) is 3.93. The van der Waals surface area contributed by atoms with Crippen LogP contribution in [0.2, 0.25) is 0 Å². The topological polar surface area (TPSA) is 94.3 Å². The van der Waals surface area contributed by atoms with E-state index in [0.29, 0.717) is 5.17 Å². The third-order valence-electron chi connectivity index (χ3n) is 2.74. The number of nitrogens with zero attached hydrogens (tertiary/aromatic N) is 1. The minimum atomic E-state index is -1.14. The van der Waals surface area contributed by atoms with Crippen molar-refractivity contribution in [2.45, 2.75) is 29.8 Å². The Balaban J connectivity index is 2.04. The first-order chi connectivity index (χ1) is 8.17. The number of aliphatic hydroxyl groups is 3. The van der Waals surface area contributed by atoms with E-state index in [1.165, 1.54) is 11.8 Å². The zero-order valence-corrected chi connectivity index (χ0v) is 9.81. The largest absolute Gasteiger partial charge is 0.394 e. The smallest absolute Gasteiger partial charge is 0.159 e. The van der Waals surface area contributed by atoms with Gasteiger partial charge in [0, 0.05) is 0 Å². The van der Waals surface area contributed by atoms with E-state index in [9.17, 15) is 14.6 Å². The Kier molecular flexibility index (Phi) is 4.21. The van der Waals surface area contributed by atoms with Gasteiger partial charge in [-0.25, -0.2) is 4.39 Å². The molecule has 8 heteroatoms. The molecule has 2 aliphatic heterocycles. The monoisotopic (exact) mass is 266 g/mol. The van der Waals surface area contributed by atoms with Crippen molar-refractivity contribution in [3.05, 3.63) is 0 Å². The van der Waals surface area contributed by atoms with E-state index >= 15 is 0 Å². The second kappa shape index (κ2) is 5.49. The van der Waals surface area contributed by atoms with E-state index in [4.69, 9.17) is 9.84 Å². The van der Waals surface area contributed by atoms with Gasteiger partial charge in [0.15, 0.2) is 5.17 Å². The average molecular weight is 266 g/mol. The average Bonchev–Trinajstić information content (AvgIpc) is 2.74. The van der Waals surface area contributed by atoms with Crippen LogP contribution in [0.5, 0.6) is 0 Å². The number of hydrogen-bond donors (Lipinski definition) is 4. The molecule has 6 nitrogen and oxygen atoms in total. The van der Waals surface area contributed by atoms with Crippen molar-refractivity contribution in [2.75, 3.05) is 19.8 Å². The molecule has 5 atom stereocenters. The predicted molar refractivity (Wildman–Crippen MR) is 60.6 cm³/mol. The van der Waals surface area contributed by atoms with Gasteiger partial charge in [-0.05, 0) is 0 Å². The van der Waals surface area contributed by atoms with Gasteiger partial charge in [0.2, 0.25) is 0 Å². The number of ether oxygens (including phenoxy) is 1. The first-order valence-corrected chi connectivity index (χ1v) is 6.21. The highest BCUT2D eigenvalue weighted by molar-refractivity contribution is 8.14. The Hall–Kier alpha value is -0.410. The molecule has 0 saturated carbocycles. The van der Waals surface area contributed by atoms with Crippen molar-refractivity contribution >= 4 is 16.9 Å². The summed E-state index contributed by atoms with van der Waals surface area (Å²) in [6.45, 7) is -0.859. The molecule has 0 spiro atoms. The SMILES string of the molecule is OC[C@H]1O[C@H]2SC(=NCCF)NC2[C@@H](O)[C@@H]1O. The zero-order chi connectivity index (χ0) is 12.4. The van der Waals surface area contributed by atoms with Crippen LogP contribution in [0.4, 0.5) is 4.39 Å². The lowest BCUT2D eigenvalue weighted by Crippen LogP contribution is -2.59. The van der Waals surface area contributed by atoms with Crippen molar-refractivity contribution in [3.8, 4) is 0 Å². The molecule has 0 bridgehead atoms. The van der Waals surface area contributed by atoms with Gasteiger partial charge in [-0.3, -0.25) is 4.99 Å². The van der Waals surface area contributed by atoms with Crippen LogP contribution in [0.1, 0.15) is 0 Å². The molecule has 2 heterocycles. The maximum Gasteiger partial charge on any atom is 0.159 e. The molecule has 2 rings (SSSR count). The van der Waals surface area contributed by atoms with Gasteiger partial charge in [0.25, 0.3) is 0 Å². The minimum Gasteiger partial charge on any atom is -0.394 e. The Labute approximate surface area is 102 Å². The Morgan fingerprint density at radius 3 is 2.82 bits per heavy atom. The molecular formula is C9H15FN2O4S. The lowest BCUT2D eigenvalue weighted by atomic mass is 9.98. The molecule has 4 N–H and O–H groups in total. The standard InChI is InChI=1S/C9H15FN2O4S/c10-1-2-11-9-12-5-7(15)6(14)4(3-13)16-8(5)17-9/h4-8,13-15H,1-3H2,(H,11,12)/t4-,5?,6-,7-,8+/m1/s1. The van der Waals surface area contributed by atoms with Gasteiger partial charge in [-0.2, -0.15) is 0 Å². The van der Waals surface area contributed by atoms with Gasteiger partial charge in [-0.15, -0.1) is 0 Å². The molecule has 0 aromatic rings. The number of hydrogen-bond acceptors (Lipinski definition) is 6. The molecule has 2 saturated heterocycles.